The molecule has 76 valence electrons. The number of likely N-dealkylation sites (N-methyl/N-ethyl adjacent to an activating group) is 2. The predicted molar refractivity (Wildman–Crippen MR) is 52.7 cm³/mol. The molecule has 0 spiro atoms. The Morgan fingerprint density at radius 2 is 2.23 bits per heavy atom. The maximum Gasteiger partial charge on any atom is 0.320 e. The largest absolute Gasteiger partial charge is 0.326 e. The van der Waals surface area contributed by atoms with E-state index in [0.717, 1.165) is 26.1 Å². The molecule has 1 atom stereocenters. The summed E-state index contributed by atoms with van der Waals surface area (Å²) in [6, 6.07) is 0.518. The minimum absolute atomic E-state index is 0.169. The topological polar surface area (TPSA) is 35.6 Å². The molecule has 0 radical (unpaired) electrons. The van der Waals surface area contributed by atoms with Crippen molar-refractivity contribution >= 4 is 6.03 Å². The molecule has 0 aromatic rings. The van der Waals surface area contributed by atoms with Crippen molar-refractivity contribution in [3.05, 3.63) is 0 Å². The monoisotopic (exact) mass is 185 g/mol. The first-order valence-electron chi connectivity index (χ1n) is 4.87. The molecular weight excluding hydrogens is 166 g/mol. The average Bonchev–Trinajstić information content (AvgIpc) is 2.45. The van der Waals surface area contributed by atoms with Gasteiger partial charge in [-0.25, -0.2) is 4.79 Å². The zero-order valence-electron chi connectivity index (χ0n) is 8.71. The van der Waals surface area contributed by atoms with Crippen LogP contribution in [0.4, 0.5) is 4.79 Å². The van der Waals surface area contributed by atoms with E-state index >= 15 is 0 Å². The fourth-order valence-electron chi connectivity index (χ4n) is 1.72. The van der Waals surface area contributed by atoms with E-state index in [2.05, 4.69) is 12.2 Å². The van der Waals surface area contributed by atoms with Gasteiger partial charge in [-0.05, 0) is 13.5 Å². The van der Waals surface area contributed by atoms with E-state index in [-0.39, 0.29) is 6.03 Å². The van der Waals surface area contributed by atoms with Crippen LogP contribution in [0.1, 0.15) is 13.3 Å². The standard InChI is InChI=1S/C9H19N3O/c1-4-8(7-10-2)12-6-5-11(3)9(12)13/h8,10H,4-7H2,1-3H3/t8-/m1/s1. The third-order valence-corrected chi connectivity index (χ3v) is 2.60. The molecule has 0 saturated carbocycles. The molecule has 1 aliphatic rings. The fourth-order valence-corrected chi connectivity index (χ4v) is 1.72. The number of amides is 2. The lowest BCUT2D eigenvalue weighted by molar-refractivity contribution is 0.180. The van der Waals surface area contributed by atoms with Gasteiger partial charge in [0, 0.05) is 32.7 Å². The molecule has 1 N–H and O–H groups in total. The van der Waals surface area contributed by atoms with Crippen LogP contribution in [0.3, 0.4) is 0 Å². The van der Waals surface area contributed by atoms with Gasteiger partial charge in [-0.3, -0.25) is 0 Å². The quantitative estimate of drug-likeness (QED) is 0.686. The Labute approximate surface area is 79.9 Å². The van der Waals surface area contributed by atoms with Crippen molar-refractivity contribution in [1.29, 1.82) is 0 Å². The highest BCUT2D eigenvalue weighted by molar-refractivity contribution is 5.76. The lowest BCUT2D eigenvalue weighted by atomic mass is 10.2. The third kappa shape index (κ3) is 2.12. The van der Waals surface area contributed by atoms with Crippen molar-refractivity contribution in [2.24, 2.45) is 0 Å². The molecule has 1 heterocycles. The van der Waals surface area contributed by atoms with Gasteiger partial charge in [-0.15, -0.1) is 0 Å². The molecular formula is C9H19N3O. The van der Waals surface area contributed by atoms with Crippen LogP contribution in [-0.4, -0.2) is 55.6 Å². The molecule has 1 saturated heterocycles. The lowest BCUT2D eigenvalue weighted by Gasteiger charge is -2.26. The average molecular weight is 185 g/mol. The van der Waals surface area contributed by atoms with Crippen LogP contribution in [-0.2, 0) is 0 Å². The summed E-state index contributed by atoms with van der Waals surface area (Å²) in [6.07, 6.45) is 1.01. The zero-order valence-corrected chi connectivity index (χ0v) is 8.71. The SMILES string of the molecule is CC[C@H](CNC)N1CCN(C)C1=O. The Kier molecular flexibility index (Phi) is 3.54. The van der Waals surface area contributed by atoms with Gasteiger partial charge in [-0.1, -0.05) is 6.92 Å². The molecule has 0 aromatic heterocycles. The summed E-state index contributed by atoms with van der Waals surface area (Å²) < 4.78 is 0. The van der Waals surface area contributed by atoms with E-state index < -0.39 is 0 Å². The normalized spacial score (nSPS) is 19.8. The molecule has 2 amide bonds. The van der Waals surface area contributed by atoms with Crippen molar-refractivity contribution < 1.29 is 4.79 Å². The van der Waals surface area contributed by atoms with Crippen LogP contribution in [0.2, 0.25) is 0 Å². The van der Waals surface area contributed by atoms with Crippen LogP contribution < -0.4 is 5.32 Å². The smallest absolute Gasteiger partial charge is 0.320 e. The molecule has 0 aliphatic carbocycles. The van der Waals surface area contributed by atoms with E-state index in [1.165, 1.54) is 0 Å². The molecule has 0 bridgehead atoms. The Balaban J connectivity index is 2.54. The van der Waals surface area contributed by atoms with Crippen molar-refractivity contribution in [1.82, 2.24) is 15.1 Å². The second-order valence-corrected chi connectivity index (χ2v) is 3.52. The van der Waals surface area contributed by atoms with Gasteiger partial charge in [0.2, 0.25) is 0 Å². The minimum atomic E-state index is 0.169. The first-order chi connectivity index (χ1) is 6.20. The van der Waals surface area contributed by atoms with Crippen molar-refractivity contribution in [3.8, 4) is 0 Å². The van der Waals surface area contributed by atoms with Crippen molar-refractivity contribution in [3.63, 3.8) is 0 Å². The van der Waals surface area contributed by atoms with E-state index in [4.69, 9.17) is 0 Å². The Morgan fingerprint density at radius 3 is 2.62 bits per heavy atom. The summed E-state index contributed by atoms with van der Waals surface area (Å²) in [5.74, 6) is 0. The molecule has 0 unspecified atom stereocenters. The molecule has 1 aliphatic heterocycles. The Hall–Kier alpha value is -0.770. The van der Waals surface area contributed by atoms with E-state index in [1.54, 1.807) is 4.90 Å². The molecule has 0 aromatic carbocycles. The first-order valence-corrected chi connectivity index (χ1v) is 4.87. The van der Waals surface area contributed by atoms with Crippen LogP contribution in [0.5, 0.6) is 0 Å². The van der Waals surface area contributed by atoms with Crippen LogP contribution in [0.15, 0.2) is 0 Å². The summed E-state index contributed by atoms with van der Waals surface area (Å²) in [5, 5.41) is 3.12. The highest BCUT2D eigenvalue weighted by Gasteiger charge is 2.29. The third-order valence-electron chi connectivity index (χ3n) is 2.60. The van der Waals surface area contributed by atoms with Gasteiger partial charge in [0.1, 0.15) is 0 Å². The van der Waals surface area contributed by atoms with Gasteiger partial charge in [0.15, 0.2) is 0 Å². The fraction of sp³-hybridized carbons (Fsp3) is 0.889. The maximum absolute atomic E-state index is 11.6. The number of carbonyl (C=O) groups excluding carboxylic acids is 1. The van der Waals surface area contributed by atoms with Crippen LogP contribution in [0, 0.1) is 0 Å². The molecule has 1 rings (SSSR count). The minimum Gasteiger partial charge on any atom is -0.326 e. The summed E-state index contributed by atoms with van der Waals surface area (Å²) in [5.41, 5.74) is 0. The van der Waals surface area contributed by atoms with Gasteiger partial charge in [0.05, 0.1) is 0 Å². The van der Waals surface area contributed by atoms with Crippen molar-refractivity contribution in [2.45, 2.75) is 19.4 Å². The summed E-state index contributed by atoms with van der Waals surface area (Å²) in [6.45, 7) is 4.73. The number of nitrogens with zero attached hydrogens (tertiary/aromatic N) is 2. The summed E-state index contributed by atoms with van der Waals surface area (Å²) >= 11 is 0. The maximum atomic E-state index is 11.6. The van der Waals surface area contributed by atoms with Crippen molar-refractivity contribution in [2.75, 3.05) is 33.7 Å². The van der Waals surface area contributed by atoms with E-state index in [9.17, 15) is 4.79 Å². The van der Waals surface area contributed by atoms with Gasteiger partial charge in [0.25, 0.3) is 0 Å². The second kappa shape index (κ2) is 4.46. The summed E-state index contributed by atoms with van der Waals surface area (Å²) in [7, 11) is 3.78. The molecule has 13 heavy (non-hydrogen) atoms. The van der Waals surface area contributed by atoms with Gasteiger partial charge < -0.3 is 15.1 Å². The molecule has 1 fully saturated rings. The van der Waals surface area contributed by atoms with Gasteiger partial charge in [-0.2, -0.15) is 0 Å². The zero-order chi connectivity index (χ0) is 9.84. The molecule has 4 nitrogen and oxygen atoms in total. The highest BCUT2D eigenvalue weighted by Crippen LogP contribution is 2.12. The number of rotatable bonds is 4. The first kappa shape index (κ1) is 10.3. The number of urea groups is 1. The highest BCUT2D eigenvalue weighted by atomic mass is 16.2. The molecule has 4 heteroatoms. The van der Waals surface area contributed by atoms with Crippen LogP contribution >= 0.6 is 0 Å². The van der Waals surface area contributed by atoms with E-state index in [1.807, 2.05) is 19.0 Å². The lowest BCUT2D eigenvalue weighted by Crippen LogP contribution is -2.43. The Morgan fingerprint density at radius 1 is 1.54 bits per heavy atom. The second-order valence-electron chi connectivity index (χ2n) is 3.52. The van der Waals surface area contributed by atoms with E-state index in [0.29, 0.717) is 6.04 Å². The number of hydrogen-bond acceptors (Lipinski definition) is 2. The summed E-state index contributed by atoms with van der Waals surface area (Å²) in [4.78, 5) is 15.3. The van der Waals surface area contributed by atoms with Gasteiger partial charge >= 0.3 is 6.03 Å². The number of hydrogen-bond donors (Lipinski definition) is 1. The predicted octanol–water partition coefficient (Wildman–Crippen LogP) is 0.352. The number of carbonyl (C=O) groups is 1. The Bertz CT molecular complexity index is 184. The van der Waals surface area contributed by atoms with Crippen LogP contribution in [0.25, 0.3) is 0 Å². The number of nitrogens with one attached hydrogen (secondary N) is 1.